The Hall–Kier alpha value is -3.22. The number of alkyl halides is 3. The second-order valence-corrected chi connectivity index (χ2v) is 9.22. The number of carbonyl (C=O) groups is 1. The fourth-order valence-corrected chi connectivity index (χ4v) is 4.27. The van der Waals surface area contributed by atoms with Crippen molar-refractivity contribution in [1.82, 2.24) is 19.5 Å². The number of aromatic nitrogens is 4. The number of nitrogens with zero attached hydrogens (tertiary/aromatic N) is 5. The second-order valence-electron chi connectivity index (χ2n) is 7.21. The van der Waals surface area contributed by atoms with Crippen LogP contribution in [0.25, 0.3) is 11.0 Å². The molecule has 1 aliphatic heterocycles. The minimum absolute atomic E-state index is 0.151. The Morgan fingerprint density at radius 3 is 2.55 bits per heavy atom. The molecule has 4 rings (SSSR count). The molecule has 0 radical (unpaired) electrons. The fourth-order valence-electron chi connectivity index (χ4n) is 3.63. The summed E-state index contributed by atoms with van der Waals surface area (Å²) in [5, 5.41) is 0. The molecule has 164 valence electrons. The predicted octanol–water partition coefficient (Wildman–Crippen LogP) is 1.93. The van der Waals surface area contributed by atoms with Crippen LogP contribution >= 0.6 is 0 Å². The Morgan fingerprint density at radius 2 is 1.94 bits per heavy atom. The molecular formula is C18H17F3N6O3S. The zero-order chi connectivity index (χ0) is 22.7. The summed E-state index contributed by atoms with van der Waals surface area (Å²) < 4.78 is 65.7. The lowest BCUT2D eigenvalue weighted by atomic mass is 10.2. The molecule has 1 amide bonds. The van der Waals surface area contributed by atoms with E-state index in [4.69, 9.17) is 5.73 Å². The fraction of sp³-hybridized carbons (Fsp3) is 0.333. The maximum atomic E-state index is 13.4. The number of primary amides is 1. The molecule has 9 nitrogen and oxygen atoms in total. The average Bonchev–Trinajstić information content (AvgIpc) is 3.05. The first-order chi connectivity index (χ1) is 14.4. The lowest BCUT2D eigenvalue weighted by Crippen LogP contribution is -2.38. The number of nitrogens with two attached hydrogens (primary N) is 1. The van der Waals surface area contributed by atoms with E-state index in [0.717, 1.165) is 12.5 Å². The normalized spacial score (nSPS) is 17.1. The Labute approximate surface area is 174 Å². The van der Waals surface area contributed by atoms with E-state index in [2.05, 4.69) is 15.0 Å². The van der Waals surface area contributed by atoms with Gasteiger partial charge in [-0.3, -0.25) is 4.79 Å². The van der Waals surface area contributed by atoms with Gasteiger partial charge in [-0.15, -0.1) is 0 Å². The van der Waals surface area contributed by atoms with Crippen molar-refractivity contribution in [2.24, 2.45) is 5.73 Å². The van der Waals surface area contributed by atoms with Crippen LogP contribution in [0.15, 0.2) is 29.3 Å². The van der Waals surface area contributed by atoms with E-state index < -0.39 is 39.2 Å². The molecule has 1 unspecified atom stereocenters. The molecule has 2 aromatic heterocycles. The quantitative estimate of drug-likeness (QED) is 0.641. The van der Waals surface area contributed by atoms with E-state index in [1.54, 1.807) is 17.9 Å². The van der Waals surface area contributed by atoms with Crippen molar-refractivity contribution in [1.29, 1.82) is 0 Å². The summed E-state index contributed by atoms with van der Waals surface area (Å²) in [6.07, 6.45) is -3.00. The maximum absolute atomic E-state index is 13.4. The Balaban J connectivity index is 1.78. The number of anilines is 1. The standard InChI is InChI=1S/C18H17F3N6O3S/c1-9-16-24-12-4-3-10(31(2,29)30)7-13(12)27(16)6-5-26(9)17-23-8-11(15(22)28)14(25-17)18(19,20)21/h3-4,7-9H,5-6H2,1-2H3,(H2,22,28). The summed E-state index contributed by atoms with van der Waals surface area (Å²) in [6.45, 7) is 2.30. The molecule has 1 aliphatic rings. The van der Waals surface area contributed by atoms with Crippen molar-refractivity contribution in [3.8, 4) is 0 Å². The van der Waals surface area contributed by atoms with Crippen LogP contribution in [-0.4, -0.2) is 46.6 Å². The SMILES string of the molecule is CC1c2nc3ccc(S(C)(=O)=O)cc3n2CCN1c1ncc(C(N)=O)c(C(F)(F)F)n1. The molecule has 0 fully saturated rings. The van der Waals surface area contributed by atoms with Crippen molar-refractivity contribution in [2.45, 2.75) is 30.6 Å². The van der Waals surface area contributed by atoms with Crippen LogP contribution in [0.2, 0.25) is 0 Å². The lowest BCUT2D eigenvalue weighted by Gasteiger charge is -2.34. The first kappa shape index (κ1) is 21.0. The summed E-state index contributed by atoms with van der Waals surface area (Å²) in [5.74, 6) is -0.947. The smallest absolute Gasteiger partial charge is 0.365 e. The maximum Gasteiger partial charge on any atom is 0.434 e. The van der Waals surface area contributed by atoms with E-state index in [0.29, 0.717) is 23.4 Å². The second kappa shape index (κ2) is 6.90. The van der Waals surface area contributed by atoms with Gasteiger partial charge in [0.2, 0.25) is 5.95 Å². The molecular weight excluding hydrogens is 437 g/mol. The number of carbonyl (C=O) groups excluding carboxylic acids is 1. The van der Waals surface area contributed by atoms with Gasteiger partial charge in [0.25, 0.3) is 5.91 Å². The molecule has 13 heteroatoms. The third kappa shape index (κ3) is 3.58. The molecule has 3 heterocycles. The third-order valence-corrected chi connectivity index (χ3v) is 6.26. The number of hydrogen-bond acceptors (Lipinski definition) is 7. The highest BCUT2D eigenvalue weighted by atomic mass is 32.2. The number of fused-ring (bicyclic) bond motifs is 3. The number of amides is 1. The van der Waals surface area contributed by atoms with E-state index in [1.165, 1.54) is 12.1 Å². The summed E-state index contributed by atoms with van der Waals surface area (Å²) in [7, 11) is -3.41. The summed E-state index contributed by atoms with van der Waals surface area (Å²) in [6, 6.07) is 4.07. The van der Waals surface area contributed by atoms with Crippen molar-refractivity contribution in [3.05, 3.63) is 41.5 Å². The molecule has 0 bridgehead atoms. The molecule has 0 saturated carbocycles. The van der Waals surface area contributed by atoms with Gasteiger partial charge < -0.3 is 15.2 Å². The highest BCUT2D eigenvalue weighted by molar-refractivity contribution is 7.90. The minimum atomic E-state index is -4.88. The number of hydrogen-bond donors (Lipinski definition) is 1. The Bertz CT molecular complexity index is 1320. The van der Waals surface area contributed by atoms with Crippen LogP contribution in [-0.2, 0) is 22.6 Å². The largest absolute Gasteiger partial charge is 0.434 e. The minimum Gasteiger partial charge on any atom is -0.365 e. The summed E-state index contributed by atoms with van der Waals surface area (Å²) >= 11 is 0. The number of halogens is 3. The molecule has 0 saturated heterocycles. The number of rotatable bonds is 3. The van der Waals surface area contributed by atoms with Crippen molar-refractivity contribution < 1.29 is 26.4 Å². The van der Waals surface area contributed by atoms with Crippen LogP contribution in [0.1, 0.15) is 34.8 Å². The van der Waals surface area contributed by atoms with E-state index in [-0.39, 0.29) is 17.4 Å². The zero-order valence-electron chi connectivity index (χ0n) is 16.4. The highest BCUT2D eigenvalue weighted by Crippen LogP contribution is 2.35. The van der Waals surface area contributed by atoms with Gasteiger partial charge in [-0.2, -0.15) is 13.2 Å². The van der Waals surface area contributed by atoms with Gasteiger partial charge in [0.15, 0.2) is 15.5 Å². The average molecular weight is 454 g/mol. The van der Waals surface area contributed by atoms with Gasteiger partial charge in [0.05, 0.1) is 27.5 Å². The molecule has 0 spiro atoms. The van der Waals surface area contributed by atoms with Crippen molar-refractivity contribution in [2.75, 3.05) is 17.7 Å². The third-order valence-electron chi connectivity index (χ3n) is 5.15. The number of sulfone groups is 1. The zero-order valence-corrected chi connectivity index (χ0v) is 17.2. The van der Waals surface area contributed by atoms with Crippen LogP contribution in [0.5, 0.6) is 0 Å². The van der Waals surface area contributed by atoms with Crippen LogP contribution in [0, 0.1) is 0 Å². The highest BCUT2D eigenvalue weighted by Gasteiger charge is 2.39. The monoisotopic (exact) mass is 454 g/mol. The van der Waals surface area contributed by atoms with Gasteiger partial charge in [-0.05, 0) is 25.1 Å². The van der Waals surface area contributed by atoms with E-state index >= 15 is 0 Å². The summed E-state index contributed by atoms with van der Waals surface area (Å²) in [4.78, 5) is 25.1. The first-order valence-electron chi connectivity index (χ1n) is 9.09. The van der Waals surface area contributed by atoms with E-state index in [1.807, 2.05) is 4.57 Å². The van der Waals surface area contributed by atoms with Gasteiger partial charge in [-0.25, -0.2) is 23.4 Å². The van der Waals surface area contributed by atoms with Crippen molar-refractivity contribution >= 4 is 32.7 Å². The molecule has 0 aliphatic carbocycles. The molecule has 1 atom stereocenters. The van der Waals surface area contributed by atoms with Crippen LogP contribution in [0.3, 0.4) is 0 Å². The van der Waals surface area contributed by atoms with Gasteiger partial charge in [0.1, 0.15) is 5.82 Å². The van der Waals surface area contributed by atoms with Gasteiger partial charge in [0, 0.05) is 25.5 Å². The van der Waals surface area contributed by atoms with Crippen molar-refractivity contribution in [3.63, 3.8) is 0 Å². The Morgan fingerprint density at radius 1 is 1.23 bits per heavy atom. The summed E-state index contributed by atoms with van der Waals surface area (Å²) in [5.41, 5.74) is 4.01. The number of benzene rings is 1. The number of imidazole rings is 1. The molecule has 3 aromatic rings. The lowest BCUT2D eigenvalue weighted by molar-refractivity contribution is -0.141. The van der Waals surface area contributed by atoms with E-state index in [9.17, 15) is 26.4 Å². The predicted molar refractivity (Wildman–Crippen MR) is 104 cm³/mol. The van der Waals surface area contributed by atoms with Crippen LogP contribution < -0.4 is 10.6 Å². The van der Waals surface area contributed by atoms with Gasteiger partial charge >= 0.3 is 6.18 Å². The topological polar surface area (TPSA) is 124 Å². The van der Waals surface area contributed by atoms with Crippen LogP contribution in [0.4, 0.5) is 19.1 Å². The molecule has 31 heavy (non-hydrogen) atoms. The molecule has 1 aromatic carbocycles. The Kier molecular flexibility index (Phi) is 4.68. The molecule has 2 N–H and O–H groups in total. The van der Waals surface area contributed by atoms with Gasteiger partial charge in [-0.1, -0.05) is 0 Å². The first-order valence-corrected chi connectivity index (χ1v) is 11.0.